The maximum Gasteiger partial charge on any atom is 0.295 e. The average Bonchev–Trinajstić information content (AvgIpc) is 2.63. The highest BCUT2D eigenvalue weighted by Gasteiger charge is 2.50. The van der Waals surface area contributed by atoms with Crippen LogP contribution in [0.2, 0.25) is 0 Å². The van der Waals surface area contributed by atoms with Gasteiger partial charge < -0.3 is 24.8 Å². The highest BCUT2D eigenvalue weighted by atomic mass is 32.2. The van der Waals surface area contributed by atoms with Crippen LogP contribution >= 0.6 is 0 Å². The van der Waals surface area contributed by atoms with Crippen LogP contribution < -0.4 is 4.74 Å². The molecule has 1 aliphatic heterocycles. The number of hydrogen-bond acceptors (Lipinski definition) is 9. The molecule has 27 heavy (non-hydrogen) atoms. The predicted octanol–water partition coefficient (Wildman–Crippen LogP) is -0.686. The first-order valence-electron chi connectivity index (χ1n) is 7.56. The largest absolute Gasteiger partial charge is 0.462 e. The maximum atomic E-state index is 14.1. The zero-order valence-corrected chi connectivity index (χ0v) is 14.3. The van der Waals surface area contributed by atoms with Crippen LogP contribution in [0.5, 0.6) is 5.75 Å². The van der Waals surface area contributed by atoms with Crippen molar-refractivity contribution >= 4 is 10.1 Å². The van der Waals surface area contributed by atoms with Gasteiger partial charge in [0, 0.05) is 23.5 Å². The minimum absolute atomic E-state index is 0.0445. The van der Waals surface area contributed by atoms with E-state index in [-0.39, 0.29) is 11.3 Å². The van der Waals surface area contributed by atoms with Gasteiger partial charge in [-0.1, -0.05) is 0 Å². The Kier molecular flexibility index (Phi) is 5.37. The lowest BCUT2D eigenvalue weighted by Gasteiger charge is -2.38. The molecule has 4 N–H and O–H groups in total. The molecule has 0 radical (unpaired) electrons. The summed E-state index contributed by atoms with van der Waals surface area (Å²) in [5.41, 5.74) is -1.84. The number of aliphatic hydroxyl groups is 3. The number of aliphatic hydroxyl groups excluding tert-OH is 3. The fourth-order valence-electron chi connectivity index (χ4n) is 2.53. The van der Waals surface area contributed by atoms with Crippen molar-refractivity contribution in [1.82, 2.24) is 9.97 Å². The molecule has 146 valence electrons. The van der Waals surface area contributed by atoms with Crippen LogP contribution in [0.4, 0.5) is 4.39 Å². The van der Waals surface area contributed by atoms with E-state index in [4.69, 9.17) is 14.0 Å². The maximum absolute atomic E-state index is 14.1. The average molecular weight is 402 g/mol. The number of aromatic nitrogens is 2. The highest BCUT2D eigenvalue weighted by Crippen LogP contribution is 2.30. The van der Waals surface area contributed by atoms with Gasteiger partial charge in [-0.2, -0.15) is 8.42 Å². The Bertz CT molecular complexity index is 913. The lowest BCUT2D eigenvalue weighted by molar-refractivity contribution is -0.254. The van der Waals surface area contributed by atoms with Gasteiger partial charge in [-0.25, -0.2) is 14.4 Å². The van der Waals surface area contributed by atoms with E-state index in [0.717, 1.165) is 6.07 Å². The predicted molar refractivity (Wildman–Crippen MR) is 86.3 cm³/mol. The third kappa shape index (κ3) is 4.05. The van der Waals surface area contributed by atoms with E-state index in [1.54, 1.807) is 0 Å². The molecule has 2 heterocycles. The molecule has 1 aromatic heterocycles. The molecule has 0 aliphatic carbocycles. The Morgan fingerprint density at radius 1 is 1.07 bits per heavy atom. The van der Waals surface area contributed by atoms with Gasteiger partial charge in [0.1, 0.15) is 36.2 Å². The Balaban J connectivity index is 1.88. The molecule has 1 fully saturated rings. The van der Waals surface area contributed by atoms with Crippen LogP contribution in [0.3, 0.4) is 0 Å². The van der Waals surface area contributed by atoms with Gasteiger partial charge in [-0.15, -0.1) is 0 Å². The zero-order chi connectivity index (χ0) is 19.8. The van der Waals surface area contributed by atoms with Crippen LogP contribution in [0.15, 0.2) is 36.9 Å². The summed E-state index contributed by atoms with van der Waals surface area (Å²) >= 11 is 0. The molecule has 0 saturated carbocycles. The molecule has 10 nitrogen and oxygen atoms in total. The van der Waals surface area contributed by atoms with Gasteiger partial charge in [0.25, 0.3) is 10.1 Å². The normalized spacial score (nSPS) is 28.7. The van der Waals surface area contributed by atoms with Crippen molar-refractivity contribution in [3.8, 4) is 16.9 Å². The monoisotopic (exact) mass is 402 g/mol. The molecule has 1 saturated heterocycles. The summed E-state index contributed by atoms with van der Waals surface area (Å²) in [6.45, 7) is 0. The summed E-state index contributed by atoms with van der Waals surface area (Å²) in [6.07, 6.45) is -3.70. The van der Waals surface area contributed by atoms with Crippen LogP contribution in [-0.4, -0.2) is 68.3 Å². The first kappa shape index (κ1) is 19.5. The van der Waals surface area contributed by atoms with E-state index in [0.29, 0.717) is 5.56 Å². The quantitative estimate of drug-likeness (QED) is 0.482. The second-order valence-electron chi connectivity index (χ2n) is 5.75. The minimum atomic E-state index is -4.91. The van der Waals surface area contributed by atoms with E-state index in [1.165, 1.54) is 30.9 Å². The standard InChI is InChI=1S/C15H15FN2O8S/c16-10-2-1-8(3-9(10)7-4-17-6-18-5-7)25-14-12(20)11(19)13(21)15(26-14)27(22,23)24/h1-6,11-15,19-21H,(H,22,23,24)/t11-,12-,13+,14-,15?/m1/s1. The summed E-state index contributed by atoms with van der Waals surface area (Å²) in [5.74, 6) is -0.662. The molecule has 0 amide bonds. The molecular formula is C15H15FN2O8S. The summed E-state index contributed by atoms with van der Waals surface area (Å²) in [7, 11) is -4.91. The molecule has 3 rings (SSSR count). The molecule has 1 aliphatic rings. The van der Waals surface area contributed by atoms with Crippen LogP contribution in [-0.2, 0) is 14.9 Å². The van der Waals surface area contributed by atoms with Gasteiger partial charge in [-0.3, -0.25) is 4.55 Å². The third-order valence-corrected chi connectivity index (χ3v) is 4.86. The lowest BCUT2D eigenvalue weighted by Crippen LogP contribution is -2.61. The fraction of sp³-hybridized carbons (Fsp3) is 0.333. The molecule has 2 aromatic rings. The second kappa shape index (κ2) is 7.42. The topological polar surface area (TPSA) is 159 Å². The second-order valence-corrected chi connectivity index (χ2v) is 7.24. The third-order valence-electron chi connectivity index (χ3n) is 3.88. The van der Waals surface area contributed by atoms with E-state index >= 15 is 0 Å². The first-order chi connectivity index (χ1) is 12.7. The van der Waals surface area contributed by atoms with Crippen molar-refractivity contribution in [1.29, 1.82) is 0 Å². The van der Waals surface area contributed by atoms with Crippen LogP contribution in [0.25, 0.3) is 11.1 Å². The van der Waals surface area contributed by atoms with Crippen molar-refractivity contribution in [2.24, 2.45) is 0 Å². The van der Waals surface area contributed by atoms with Crippen LogP contribution in [0, 0.1) is 5.82 Å². The number of benzene rings is 1. The molecule has 5 atom stereocenters. The SMILES string of the molecule is O=S(=O)(O)C1O[C@@H](Oc2ccc(F)c(-c3cncnc3)c2)[C@H](O)[C@@H](O)[C@@H]1O. The Morgan fingerprint density at radius 3 is 2.37 bits per heavy atom. The fourth-order valence-corrected chi connectivity index (χ4v) is 3.30. The van der Waals surface area contributed by atoms with Crippen molar-refractivity contribution in [2.45, 2.75) is 30.0 Å². The minimum Gasteiger partial charge on any atom is -0.462 e. The number of ether oxygens (including phenoxy) is 2. The molecule has 1 unspecified atom stereocenters. The molecule has 1 aromatic carbocycles. The van der Waals surface area contributed by atoms with Gasteiger partial charge in [-0.05, 0) is 18.2 Å². The summed E-state index contributed by atoms with van der Waals surface area (Å²) in [4.78, 5) is 7.55. The number of rotatable bonds is 4. The summed E-state index contributed by atoms with van der Waals surface area (Å²) in [6, 6.07) is 3.46. The van der Waals surface area contributed by atoms with E-state index in [9.17, 15) is 28.1 Å². The van der Waals surface area contributed by atoms with Gasteiger partial charge in [0.2, 0.25) is 11.7 Å². The number of nitrogens with zero attached hydrogens (tertiary/aromatic N) is 2. The van der Waals surface area contributed by atoms with Crippen LogP contribution in [0.1, 0.15) is 0 Å². The van der Waals surface area contributed by atoms with Crippen molar-refractivity contribution in [3.05, 3.63) is 42.7 Å². The Labute approximate surface area is 152 Å². The highest BCUT2D eigenvalue weighted by molar-refractivity contribution is 7.86. The van der Waals surface area contributed by atoms with Crippen molar-refractivity contribution < 1.29 is 42.2 Å². The van der Waals surface area contributed by atoms with Crippen molar-refractivity contribution in [3.63, 3.8) is 0 Å². The van der Waals surface area contributed by atoms with E-state index < -0.39 is 46.0 Å². The van der Waals surface area contributed by atoms with Gasteiger partial charge in [0.15, 0.2) is 0 Å². The molecule has 12 heteroatoms. The summed E-state index contributed by atoms with van der Waals surface area (Å²) in [5, 5.41) is 29.4. The Morgan fingerprint density at radius 2 is 1.74 bits per heavy atom. The zero-order valence-electron chi connectivity index (χ0n) is 13.5. The Hall–Kier alpha value is -2.22. The number of halogens is 1. The van der Waals surface area contributed by atoms with Gasteiger partial charge in [0.05, 0.1) is 0 Å². The van der Waals surface area contributed by atoms with E-state index in [1.807, 2.05) is 0 Å². The molecule has 0 bridgehead atoms. The van der Waals surface area contributed by atoms with Gasteiger partial charge >= 0.3 is 0 Å². The molecular weight excluding hydrogens is 387 g/mol. The lowest BCUT2D eigenvalue weighted by atomic mass is 10.1. The first-order valence-corrected chi connectivity index (χ1v) is 9.06. The number of hydrogen-bond donors (Lipinski definition) is 4. The van der Waals surface area contributed by atoms with E-state index in [2.05, 4.69) is 9.97 Å². The molecule has 0 spiro atoms. The smallest absolute Gasteiger partial charge is 0.295 e. The summed E-state index contributed by atoms with van der Waals surface area (Å²) < 4.78 is 55.9. The van der Waals surface area contributed by atoms with Crippen molar-refractivity contribution in [2.75, 3.05) is 0 Å².